The molecule has 5 nitrogen and oxygen atoms in total. The highest BCUT2D eigenvalue weighted by molar-refractivity contribution is 5.86. The van der Waals surface area contributed by atoms with E-state index in [1.807, 2.05) is 0 Å². The van der Waals surface area contributed by atoms with E-state index in [-0.39, 0.29) is 6.03 Å². The molecule has 1 fully saturated rings. The van der Waals surface area contributed by atoms with Gasteiger partial charge in [0.25, 0.3) is 0 Å². The Morgan fingerprint density at radius 3 is 2.00 bits per heavy atom. The Labute approximate surface area is 121 Å². The van der Waals surface area contributed by atoms with Gasteiger partial charge in [-0.25, -0.2) is 9.59 Å². The standard InChI is InChI=1S/C15H28N2O3/c1-3-5-11-17(12-6-4-2)14(20)16-15(13(18)19)9-7-8-10-15/h3-12H2,1-2H3,(H,16,20)(H,18,19). The number of urea groups is 1. The summed E-state index contributed by atoms with van der Waals surface area (Å²) >= 11 is 0. The van der Waals surface area contributed by atoms with Gasteiger partial charge in [0, 0.05) is 13.1 Å². The molecule has 1 aliphatic carbocycles. The molecule has 0 saturated heterocycles. The van der Waals surface area contributed by atoms with Crippen LogP contribution in [0.5, 0.6) is 0 Å². The number of unbranched alkanes of at least 4 members (excludes halogenated alkanes) is 2. The lowest BCUT2D eigenvalue weighted by Gasteiger charge is -2.30. The number of nitrogens with zero attached hydrogens (tertiary/aromatic N) is 1. The Balaban J connectivity index is 2.65. The maximum absolute atomic E-state index is 12.4. The van der Waals surface area contributed by atoms with E-state index in [1.165, 1.54) is 0 Å². The fourth-order valence-electron chi connectivity index (χ4n) is 2.67. The van der Waals surface area contributed by atoms with E-state index in [0.29, 0.717) is 25.9 Å². The number of nitrogens with one attached hydrogen (secondary N) is 1. The maximum Gasteiger partial charge on any atom is 0.329 e. The van der Waals surface area contributed by atoms with Crippen molar-refractivity contribution in [3.05, 3.63) is 0 Å². The van der Waals surface area contributed by atoms with Crippen LogP contribution in [0.25, 0.3) is 0 Å². The number of carboxylic acids is 1. The summed E-state index contributed by atoms with van der Waals surface area (Å²) in [6, 6.07) is -0.212. The van der Waals surface area contributed by atoms with Gasteiger partial charge in [0.1, 0.15) is 5.54 Å². The van der Waals surface area contributed by atoms with E-state index in [9.17, 15) is 14.7 Å². The minimum absolute atomic E-state index is 0.212. The zero-order valence-corrected chi connectivity index (χ0v) is 12.8. The number of aliphatic carboxylic acids is 1. The topological polar surface area (TPSA) is 69.6 Å². The largest absolute Gasteiger partial charge is 0.480 e. The summed E-state index contributed by atoms with van der Waals surface area (Å²) in [5.41, 5.74) is -1.03. The number of hydrogen-bond acceptors (Lipinski definition) is 2. The minimum atomic E-state index is -1.03. The summed E-state index contributed by atoms with van der Waals surface area (Å²) < 4.78 is 0. The van der Waals surface area contributed by atoms with E-state index in [1.54, 1.807) is 4.90 Å². The Bertz CT molecular complexity index is 317. The molecule has 0 aliphatic heterocycles. The van der Waals surface area contributed by atoms with Crippen LogP contribution in [-0.4, -0.2) is 40.6 Å². The summed E-state index contributed by atoms with van der Waals surface area (Å²) in [6.07, 6.45) is 6.80. The third kappa shape index (κ3) is 4.39. The number of carbonyl (C=O) groups is 2. The second-order valence-electron chi connectivity index (χ2n) is 5.72. The second kappa shape index (κ2) is 8.12. The lowest BCUT2D eigenvalue weighted by molar-refractivity contribution is -0.144. The van der Waals surface area contributed by atoms with Crippen LogP contribution in [0.15, 0.2) is 0 Å². The average molecular weight is 284 g/mol. The molecule has 2 amide bonds. The van der Waals surface area contributed by atoms with Crippen molar-refractivity contribution in [2.24, 2.45) is 0 Å². The molecule has 0 heterocycles. The first-order chi connectivity index (χ1) is 9.55. The Morgan fingerprint density at radius 2 is 1.60 bits per heavy atom. The minimum Gasteiger partial charge on any atom is -0.480 e. The van der Waals surface area contributed by atoms with Crippen LogP contribution in [0.2, 0.25) is 0 Å². The lowest BCUT2D eigenvalue weighted by Crippen LogP contribution is -2.56. The Kier molecular flexibility index (Phi) is 6.82. The fraction of sp³-hybridized carbons (Fsp3) is 0.867. The second-order valence-corrected chi connectivity index (χ2v) is 5.72. The molecule has 0 bridgehead atoms. The molecule has 1 rings (SSSR count). The van der Waals surface area contributed by atoms with Crippen molar-refractivity contribution in [3.8, 4) is 0 Å². The van der Waals surface area contributed by atoms with Crippen LogP contribution in [0.4, 0.5) is 4.79 Å². The van der Waals surface area contributed by atoms with Gasteiger partial charge in [0.05, 0.1) is 0 Å². The first kappa shape index (κ1) is 16.8. The SMILES string of the molecule is CCCCN(CCCC)C(=O)NC1(C(=O)O)CCCC1. The molecule has 5 heteroatoms. The fourth-order valence-corrected chi connectivity index (χ4v) is 2.67. The molecular formula is C15H28N2O3. The van der Waals surface area contributed by atoms with E-state index in [0.717, 1.165) is 38.5 Å². The van der Waals surface area contributed by atoms with Crippen LogP contribution in [0.1, 0.15) is 65.2 Å². The van der Waals surface area contributed by atoms with Gasteiger partial charge in [-0.15, -0.1) is 0 Å². The van der Waals surface area contributed by atoms with E-state index < -0.39 is 11.5 Å². The highest BCUT2D eigenvalue weighted by Crippen LogP contribution is 2.30. The van der Waals surface area contributed by atoms with Crippen molar-refractivity contribution in [1.82, 2.24) is 10.2 Å². The zero-order chi connectivity index (χ0) is 15.0. The summed E-state index contributed by atoms with van der Waals surface area (Å²) in [5, 5.41) is 12.2. The lowest BCUT2D eigenvalue weighted by atomic mass is 9.98. The predicted molar refractivity (Wildman–Crippen MR) is 78.8 cm³/mol. The van der Waals surface area contributed by atoms with Crippen LogP contribution < -0.4 is 5.32 Å². The summed E-state index contributed by atoms with van der Waals surface area (Å²) in [4.78, 5) is 25.6. The number of amides is 2. The van der Waals surface area contributed by atoms with Gasteiger partial charge >= 0.3 is 12.0 Å². The number of hydrogen-bond donors (Lipinski definition) is 2. The first-order valence-corrected chi connectivity index (χ1v) is 7.86. The highest BCUT2D eigenvalue weighted by Gasteiger charge is 2.43. The van der Waals surface area contributed by atoms with Crippen molar-refractivity contribution in [1.29, 1.82) is 0 Å². The van der Waals surface area contributed by atoms with Gasteiger partial charge in [-0.1, -0.05) is 39.5 Å². The molecule has 0 aromatic heterocycles. The molecular weight excluding hydrogens is 256 g/mol. The molecule has 0 atom stereocenters. The van der Waals surface area contributed by atoms with Crippen molar-refractivity contribution in [2.75, 3.05) is 13.1 Å². The molecule has 20 heavy (non-hydrogen) atoms. The summed E-state index contributed by atoms with van der Waals surface area (Å²) in [5.74, 6) is -0.894. The molecule has 116 valence electrons. The molecule has 1 aliphatic rings. The van der Waals surface area contributed by atoms with Gasteiger partial charge in [-0.3, -0.25) is 0 Å². The van der Waals surface area contributed by atoms with Crippen molar-refractivity contribution < 1.29 is 14.7 Å². The van der Waals surface area contributed by atoms with Crippen molar-refractivity contribution in [3.63, 3.8) is 0 Å². The zero-order valence-electron chi connectivity index (χ0n) is 12.8. The van der Waals surface area contributed by atoms with Gasteiger partial charge in [0.15, 0.2) is 0 Å². The molecule has 0 aromatic rings. The quantitative estimate of drug-likeness (QED) is 0.720. The van der Waals surface area contributed by atoms with Gasteiger partial charge in [0.2, 0.25) is 0 Å². The number of carbonyl (C=O) groups excluding carboxylic acids is 1. The molecule has 1 saturated carbocycles. The van der Waals surface area contributed by atoms with Gasteiger partial charge in [-0.2, -0.15) is 0 Å². The number of rotatable bonds is 8. The highest BCUT2D eigenvalue weighted by atomic mass is 16.4. The van der Waals surface area contributed by atoms with E-state index >= 15 is 0 Å². The van der Waals surface area contributed by atoms with Crippen LogP contribution in [-0.2, 0) is 4.79 Å². The third-order valence-electron chi connectivity index (χ3n) is 4.06. The normalized spacial score (nSPS) is 16.9. The molecule has 0 unspecified atom stereocenters. The van der Waals surface area contributed by atoms with Crippen molar-refractivity contribution in [2.45, 2.75) is 70.8 Å². The summed E-state index contributed by atoms with van der Waals surface area (Å²) in [7, 11) is 0. The maximum atomic E-state index is 12.4. The monoisotopic (exact) mass is 284 g/mol. The van der Waals surface area contributed by atoms with Crippen LogP contribution in [0.3, 0.4) is 0 Å². The van der Waals surface area contributed by atoms with E-state index in [2.05, 4.69) is 19.2 Å². The first-order valence-electron chi connectivity index (χ1n) is 7.86. The van der Waals surface area contributed by atoms with Gasteiger partial charge in [-0.05, 0) is 25.7 Å². The van der Waals surface area contributed by atoms with Gasteiger partial charge < -0.3 is 15.3 Å². The number of carboxylic acid groups (broad SMARTS) is 1. The Hall–Kier alpha value is -1.26. The van der Waals surface area contributed by atoms with E-state index in [4.69, 9.17) is 0 Å². The molecule has 0 radical (unpaired) electrons. The molecule has 0 spiro atoms. The van der Waals surface area contributed by atoms with Crippen LogP contribution in [0, 0.1) is 0 Å². The van der Waals surface area contributed by atoms with Crippen LogP contribution >= 0.6 is 0 Å². The average Bonchev–Trinajstić information content (AvgIpc) is 2.88. The molecule has 2 N–H and O–H groups in total. The molecule has 0 aromatic carbocycles. The summed E-state index contributed by atoms with van der Waals surface area (Å²) in [6.45, 7) is 5.59. The predicted octanol–water partition coefficient (Wildman–Crippen LogP) is 3.00. The Morgan fingerprint density at radius 1 is 1.10 bits per heavy atom. The smallest absolute Gasteiger partial charge is 0.329 e. The third-order valence-corrected chi connectivity index (χ3v) is 4.06. The van der Waals surface area contributed by atoms with Crippen molar-refractivity contribution >= 4 is 12.0 Å².